The minimum atomic E-state index is -3.24. The molecule has 0 aliphatic rings. The first-order chi connectivity index (χ1) is 12.7. The summed E-state index contributed by atoms with van der Waals surface area (Å²) in [5, 5.41) is 20.4. The van der Waals surface area contributed by atoms with Crippen LogP contribution in [0.4, 0.5) is 0 Å². The lowest BCUT2D eigenvalue weighted by Gasteiger charge is -2.17. The van der Waals surface area contributed by atoms with E-state index < -0.39 is 31.4 Å². The second-order valence-electron chi connectivity index (χ2n) is 5.93. The fraction of sp³-hybridized carbons (Fsp3) is 0.500. The maximum atomic E-state index is 12.5. The predicted octanol–water partition coefficient (Wildman–Crippen LogP) is 3.19. The number of carbonyl (C=O) groups is 2. The maximum absolute atomic E-state index is 12.5. The smallest absolute Gasteiger partial charge is 0.335 e. The van der Waals surface area contributed by atoms with E-state index in [-0.39, 0.29) is 31.4 Å². The van der Waals surface area contributed by atoms with Crippen LogP contribution in [0.2, 0.25) is 0 Å². The van der Waals surface area contributed by atoms with Crippen molar-refractivity contribution in [2.24, 2.45) is 5.92 Å². The topological polar surface area (TPSA) is 126 Å². The molecule has 0 saturated carbocycles. The van der Waals surface area contributed by atoms with Crippen molar-refractivity contribution in [3.05, 3.63) is 35.4 Å². The van der Waals surface area contributed by atoms with Gasteiger partial charge < -0.3 is 19.5 Å². The van der Waals surface area contributed by atoms with Gasteiger partial charge in [0.15, 0.2) is 0 Å². The Kier molecular flexibility index (Phi) is 9.16. The number of aliphatic carboxylic acids is 1. The molecule has 0 aromatic heterocycles. The molecular formula is C18H25N2O6P. The molecule has 9 heteroatoms. The third-order valence-electron chi connectivity index (χ3n) is 3.66. The summed E-state index contributed by atoms with van der Waals surface area (Å²) in [4.78, 5) is 23.5. The van der Waals surface area contributed by atoms with Crippen LogP contribution in [0, 0.1) is 17.2 Å². The summed E-state index contributed by atoms with van der Waals surface area (Å²) in [5.41, 5.74) is 0.932. The first-order valence-electron chi connectivity index (χ1n) is 8.65. The molecule has 2 N–H and O–H groups in total. The Bertz CT molecular complexity index is 718. The molecule has 0 saturated heterocycles. The quantitative estimate of drug-likeness (QED) is 0.550. The normalized spacial score (nSPS) is 13.4. The zero-order valence-electron chi connectivity index (χ0n) is 15.7. The molecule has 2 atom stereocenters. The fourth-order valence-electron chi connectivity index (χ4n) is 2.38. The highest BCUT2D eigenvalue weighted by molar-refractivity contribution is 7.53. The number of benzene rings is 1. The highest BCUT2D eigenvalue weighted by atomic mass is 31.2. The van der Waals surface area contributed by atoms with Crippen LogP contribution in [0.5, 0.6) is 0 Å². The lowest BCUT2D eigenvalue weighted by molar-refractivity contribution is -0.139. The Morgan fingerprint density at radius 2 is 1.78 bits per heavy atom. The summed E-state index contributed by atoms with van der Waals surface area (Å²) in [5.74, 6) is -2.26. The van der Waals surface area contributed by atoms with Crippen LogP contribution in [0.25, 0.3) is 0 Å². The molecule has 0 heterocycles. The molecule has 1 aromatic rings. The maximum Gasteiger partial charge on any atom is 0.335 e. The van der Waals surface area contributed by atoms with Gasteiger partial charge in [-0.1, -0.05) is 12.1 Å². The molecule has 0 fully saturated rings. The predicted molar refractivity (Wildman–Crippen MR) is 99.3 cm³/mol. The van der Waals surface area contributed by atoms with Crippen molar-refractivity contribution in [3.63, 3.8) is 0 Å². The van der Waals surface area contributed by atoms with Crippen molar-refractivity contribution < 1.29 is 28.3 Å². The lowest BCUT2D eigenvalue weighted by Crippen LogP contribution is -2.41. The number of carboxylic acid groups (broad SMARTS) is 1. The number of nitriles is 1. The van der Waals surface area contributed by atoms with Gasteiger partial charge in [-0.25, -0.2) is 4.79 Å². The third kappa shape index (κ3) is 7.51. The average molecular weight is 396 g/mol. The summed E-state index contributed by atoms with van der Waals surface area (Å²) in [6, 6.07) is 7.06. The second-order valence-corrected chi connectivity index (χ2v) is 7.99. The fourth-order valence-corrected chi connectivity index (χ4v) is 4.08. The van der Waals surface area contributed by atoms with E-state index in [2.05, 4.69) is 5.32 Å². The molecule has 8 nitrogen and oxygen atoms in total. The van der Waals surface area contributed by atoms with E-state index in [1.54, 1.807) is 32.9 Å². The van der Waals surface area contributed by atoms with Gasteiger partial charge in [0.25, 0.3) is 5.91 Å². The van der Waals surface area contributed by atoms with Gasteiger partial charge in [0.1, 0.15) is 6.04 Å². The zero-order chi connectivity index (χ0) is 20.4. The third-order valence-corrected chi connectivity index (χ3v) is 5.71. The van der Waals surface area contributed by atoms with E-state index in [0.29, 0.717) is 5.56 Å². The molecule has 0 unspecified atom stereocenters. The first-order valence-corrected chi connectivity index (χ1v) is 10.4. The minimum Gasteiger partial charge on any atom is -0.480 e. The van der Waals surface area contributed by atoms with Crippen LogP contribution < -0.4 is 5.32 Å². The molecule has 0 spiro atoms. The number of carboxylic acids is 1. The number of hydrogen-bond acceptors (Lipinski definition) is 6. The van der Waals surface area contributed by atoms with Crippen molar-refractivity contribution in [1.82, 2.24) is 5.32 Å². The van der Waals surface area contributed by atoms with Gasteiger partial charge in [0, 0.05) is 11.5 Å². The molecule has 27 heavy (non-hydrogen) atoms. The average Bonchev–Trinajstić information content (AvgIpc) is 2.61. The van der Waals surface area contributed by atoms with Gasteiger partial charge in [-0.15, -0.1) is 0 Å². The van der Waals surface area contributed by atoms with Gasteiger partial charge in [0.05, 0.1) is 25.4 Å². The Hall–Kier alpha value is -2.20. The number of carbonyl (C=O) groups excluding carboxylic acids is 1. The van der Waals surface area contributed by atoms with Crippen LogP contribution in [0.3, 0.4) is 0 Å². The largest absolute Gasteiger partial charge is 0.480 e. The Morgan fingerprint density at radius 1 is 1.22 bits per heavy atom. The molecule has 0 radical (unpaired) electrons. The van der Waals surface area contributed by atoms with Crippen LogP contribution in [-0.2, 0) is 24.6 Å². The molecule has 1 aromatic carbocycles. The van der Waals surface area contributed by atoms with Gasteiger partial charge in [-0.3, -0.25) is 9.36 Å². The van der Waals surface area contributed by atoms with E-state index in [1.807, 2.05) is 6.07 Å². The van der Waals surface area contributed by atoms with E-state index in [0.717, 1.165) is 0 Å². The number of amides is 1. The van der Waals surface area contributed by atoms with Crippen molar-refractivity contribution in [1.29, 1.82) is 5.26 Å². The Morgan fingerprint density at radius 3 is 2.22 bits per heavy atom. The monoisotopic (exact) mass is 396 g/mol. The summed E-state index contributed by atoms with van der Waals surface area (Å²) >= 11 is 0. The van der Waals surface area contributed by atoms with E-state index in [1.165, 1.54) is 12.1 Å². The number of nitrogens with zero attached hydrogens (tertiary/aromatic N) is 1. The van der Waals surface area contributed by atoms with Gasteiger partial charge >= 0.3 is 13.6 Å². The minimum absolute atomic E-state index is 0.0154. The molecule has 0 bridgehead atoms. The van der Waals surface area contributed by atoms with E-state index >= 15 is 0 Å². The van der Waals surface area contributed by atoms with Crippen LogP contribution in [0.15, 0.2) is 24.3 Å². The van der Waals surface area contributed by atoms with Crippen LogP contribution >= 0.6 is 7.60 Å². The highest BCUT2D eigenvalue weighted by Crippen LogP contribution is 2.51. The van der Waals surface area contributed by atoms with Crippen molar-refractivity contribution >= 4 is 19.5 Å². The molecule has 0 aliphatic heterocycles. The molecule has 0 aliphatic carbocycles. The number of rotatable bonds is 11. The van der Waals surface area contributed by atoms with Crippen molar-refractivity contribution in [3.8, 4) is 6.07 Å². The molecule has 148 valence electrons. The number of nitrogens with one attached hydrogen (secondary N) is 1. The van der Waals surface area contributed by atoms with E-state index in [9.17, 15) is 19.3 Å². The Balaban J connectivity index is 2.82. The number of hydrogen-bond donors (Lipinski definition) is 2. The Labute approximate surface area is 159 Å². The molecular weight excluding hydrogens is 371 g/mol. The van der Waals surface area contributed by atoms with Gasteiger partial charge in [-0.2, -0.15) is 5.26 Å². The molecule has 1 amide bonds. The summed E-state index contributed by atoms with van der Waals surface area (Å²) in [6.07, 6.45) is 0.0928. The van der Waals surface area contributed by atoms with Gasteiger partial charge in [-0.05, 0) is 44.9 Å². The van der Waals surface area contributed by atoms with Crippen LogP contribution in [-0.4, -0.2) is 36.2 Å². The van der Waals surface area contributed by atoms with Crippen molar-refractivity contribution in [2.75, 3.05) is 13.2 Å². The summed E-state index contributed by atoms with van der Waals surface area (Å²) in [7, 11) is -3.24. The zero-order valence-corrected chi connectivity index (χ0v) is 16.6. The van der Waals surface area contributed by atoms with Crippen LogP contribution in [0.1, 0.15) is 43.1 Å². The van der Waals surface area contributed by atoms with Crippen molar-refractivity contribution in [2.45, 2.75) is 39.4 Å². The standard InChI is InChI=1S/C18H25N2O6P/c1-4-25-27(24,26-5-2)12-14-6-8-15(9-7-14)17(21)20-16(18(22)23)10-13(3)11-19/h6-9,13,16H,4-5,10,12H2,1-3H3,(H,20,21)(H,22,23)/t13-,16+/m0/s1. The van der Waals surface area contributed by atoms with Gasteiger partial charge in [0.2, 0.25) is 0 Å². The van der Waals surface area contributed by atoms with E-state index in [4.69, 9.17) is 14.3 Å². The lowest BCUT2D eigenvalue weighted by atomic mass is 10.0. The second kappa shape index (κ2) is 10.8. The molecule has 1 rings (SSSR count). The summed E-state index contributed by atoms with van der Waals surface area (Å²) < 4.78 is 23.0. The highest BCUT2D eigenvalue weighted by Gasteiger charge is 2.25. The summed E-state index contributed by atoms with van der Waals surface area (Å²) in [6.45, 7) is 5.56. The SMILES string of the molecule is CCOP(=O)(Cc1ccc(C(=O)N[C@H](C[C@H](C)C#N)C(=O)O)cc1)OCC. The first kappa shape index (κ1) is 22.8.